The first kappa shape index (κ1) is 23.5. The van der Waals surface area contributed by atoms with Gasteiger partial charge in [-0.1, -0.05) is 0 Å². The van der Waals surface area contributed by atoms with E-state index in [2.05, 4.69) is 30.6 Å². The van der Waals surface area contributed by atoms with Crippen LogP contribution in [0.1, 0.15) is 19.0 Å². The lowest BCUT2D eigenvalue weighted by atomic mass is 9.96. The predicted molar refractivity (Wildman–Crippen MR) is 117 cm³/mol. The summed E-state index contributed by atoms with van der Waals surface area (Å²) in [5.74, 6) is -0.647. The molecule has 3 aromatic heterocycles. The fraction of sp³-hybridized carbons (Fsp3) is 0.500. The molecule has 0 aromatic carbocycles. The Morgan fingerprint density at radius 2 is 2.03 bits per heavy atom. The van der Waals surface area contributed by atoms with E-state index >= 15 is 0 Å². The van der Waals surface area contributed by atoms with Crippen molar-refractivity contribution in [3.05, 3.63) is 24.2 Å². The number of alkyl halides is 3. The molecular weight excluding hydrogens is 461 g/mol. The van der Waals surface area contributed by atoms with E-state index in [-0.39, 0.29) is 24.8 Å². The zero-order chi connectivity index (χ0) is 24.0. The van der Waals surface area contributed by atoms with Crippen LogP contribution in [0.5, 0.6) is 0 Å². The van der Waals surface area contributed by atoms with Gasteiger partial charge in [-0.3, -0.25) is 4.98 Å². The van der Waals surface area contributed by atoms with Crippen LogP contribution >= 0.6 is 11.3 Å². The molecule has 3 heterocycles. The van der Waals surface area contributed by atoms with Gasteiger partial charge in [-0.25, -0.2) is 9.97 Å². The van der Waals surface area contributed by atoms with Crippen LogP contribution in [0.3, 0.4) is 0 Å². The van der Waals surface area contributed by atoms with Crippen LogP contribution in [0.4, 0.5) is 24.9 Å². The van der Waals surface area contributed by atoms with Crippen molar-refractivity contribution in [1.29, 1.82) is 0 Å². The molecule has 0 radical (unpaired) electrons. The molecule has 1 aliphatic rings. The highest BCUT2D eigenvalue weighted by molar-refractivity contribution is 7.21. The molecule has 0 amide bonds. The highest BCUT2D eigenvalue weighted by atomic mass is 32.1. The Morgan fingerprint density at radius 3 is 2.67 bits per heavy atom. The van der Waals surface area contributed by atoms with E-state index in [1.165, 1.54) is 18.3 Å². The van der Waals surface area contributed by atoms with E-state index in [4.69, 9.17) is 0 Å². The van der Waals surface area contributed by atoms with Gasteiger partial charge in [0.2, 0.25) is 5.95 Å². The second-order valence-electron chi connectivity index (χ2n) is 8.23. The first-order valence-electron chi connectivity index (χ1n) is 10.2. The Bertz CT molecular complexity index is 1120. The summed E-state index contributed by atoms with van der Waals surface area (Å²) in [6.45, 7) is 1.42. The van der Waals surface area contributed by atoms with Crippen LogP contribution in [-0.2, 0) is 0 Å². The molecule has 4 atom stereocenters. The molecule has 0 aliphatic heterocycles. The van der Waals surface area contributed by atoms with Crippen LogP contribution in [0, 0.1) is 12.8 Å². The van der Waals surface area contributed by atoms with Crippen LogP contribution in [0.2, 0.25) is 0 Å². The summed E-state index contributed by atoms with van der Waals surface area (Å²) < 4.78 is 39.0. The van der Waals surface area contributed by atoms with E-state index in [0.29, 0.717) is 21.8 Å². The van der Waals surface area contributed by atoms with Crippen molar-refractivity contribution in [2.24, 2.45) is 5.92 Å². The molecule has 178 valence electrons. The Hall–Kier alpha value is -2.61. The number of hydrogen-bond donors (Lipinski definition) is 5. The average Bonchev–Trinajstić information content (AvgIpc) is 3.25. The first-order chi connectivity index (χ1) is 15.5. The van der Waals surface area contributed by atoms with Gasteiger partial charge in [0.15, 0.2) is 0 Å². The largest absolute Gasteiger partial charge is 0.405 e. The van der Waals surface area contributed by atoms with Crippen molar-refractivity contribution < 1.29 is 28.5 Å². The summed E-state index contributed by atoms with van der Waals surface area (Å²) in [4.78, 5) is 17.0. The Labute approximate surface area is 190 Å². The Balaban J connectivity index is 1.77. The summed E-state index contributed by atoms with van der Waals surface area (Å²) >= 11 is 1.34. The molecule has 0 saturated heterocycles. The molecular formula is C20H23F3N6O3S. The second-order valence-corrected chi connectivity index (χ2v) is 9.26. The minimum atomic E-state index is -4.46. The van der Waals surface area contributed by atoms with Crippen molar-refractivity contribution in [3.63, 3.8) is 0 Å². The van der Waals surface area contributed by atoms with Gasteiger partial charge in [0, 0.05) is 18.7 Å². The summed E-state index contributed by atoms with van der Waals surface area (Å²) in [5, 5.41) is 36.6. The lowest BCUT2D eigenvalue weighted by molar-refractivity contribution is -0.115. The third kappa shape index (κ3) is 4.71. The van der Waals surface area contributed by atoms with Crippen LogP contribution in [0.25, 0.3) is 20.8 Å². The molecule has 0 spiro atoms. The normalized spacial score (nSPS) is 25.5. The van der Waals surface area contributed by atoms with Gasteiger partial charge in [-0.15, -0.1) is 11.3 Å². The number of aliphatic hydroxyl groups is 3. The van der Waals surface area contributed by atoms with Gasteiger partial charge < -0.3 is 26.0 Å². The van der Waals surface area contributed by atoms with E-state index in [1.54, 1.807) is 25.4 Å². The third-order valence-corrected chi connectivity index (χ3v) is 6.83. The number of nitrogens with one attached hydrogen (secondary N) is 2. The molecule has 9 nitrogen and oxygen atoms in total. The number of pyridine rings is 1. The number of aliphatic hydroxyl groups excluding tert-OH is 2. The van der Waals surface area contributed by atoms with Gasteiger partial charge in [0.25, 0.3) is 0 Å². The number of hydrogen-bond acceptors (Lipinski definition) is 10. The van der Waals surface area contributed by atoms with Gasteiger partial charge in [-0.2, -0.15) is 18.2 Å². The zero-order valence-corrected chi connectivity index (χ0v) is 18.6. The number of anilines is 2. The predicted octanol–water partition coefficient (Wildman–Crippen LogP) is 2.34. The number of aryl methyl sites for hydroxylation is 1. The lowest BCUT2D eigenvalue weighted by Gasteiger charge is -2.30. The minimum Gasteiger partial charge on any atom is -0.396 e. The van der Waals surface area contributed by atoms with E-state index in [9.17, 15) is 28.5 Å². The number of fused-ring (bicyclic) bond motifs is 1. The van der Waals surface area contributed by atoms with Crippen molar-refractivity contribution in [2.45, 2.75) is 44.2 Å². The average molecular weight is 485 g/mol. The monoisotopic (exact) mass is 484 g/mol. The van der Waals surface area contributed by atoms with Gasteiger partial charge in [0.05, 0.1) is 34.3 Å². The fourth-order valence-corrected chi connectivity index (χ4v) is 5.01. The van der Waals surface area contributed by atoms with Crippen molar-refractivity contribution >= 4 is 33.3 Å². The molecule has 33 heavy (non-hydrogen) atoms. The third-order valence-electron chi connectivity index (χ3n) is 5.78. The van der Waals surface area contributed by atoms with Crippen molar-refractivity contribution in [1.82, 2.24) is 19.9 Å². The van der Waals surface area contributed by atoms with Crippen molar-refractivity contribution in [3.8, 4) is 10.6 Å². The smallest absolute Gasteiger partial charge is 0.396 e. The van der Waals surface area contributed by atoms with Crippen LogP contribution < -0.4 is 10.6 Å². The molecule has 1 saturated carbocycles. The molecule has 4 unspecified atom stereocenters. The van der Waals surface area contributed by atoms with Crippen LogP contribution in [-0.4, -0.2) is 72.3 Å². The summed E-state index contributed by atoms with van der Waals surface area (Å²) in [6, 6.07) is 1.06. The van der Waals surface area contributed by atoms with E-state index in [0.717, 1.165) is 4.70 Å². The zero-order valence-electron chi connectivity index (χ0n) is 17.8. The number of thiazole rings is 1. The molecule has 1 aliphatic carbocycles. The second kappa shape index (κ2) is 8.63. The fourth-order valence-electron chi connectivity index (χ4n) is 3.98. The highest BCUT2D eigenvalue weighted by Crippen LogP contribution is 2.40. The molecule has 13 heteroatoms. The Kier molecular flexibility index (Phi) is 6.16. The molecule has 4 rings (SSSR count). The summed E-state index contributed by atoms with van der Waals surface area (Å²) in [6.07, 6.45) is -2.20. The van der Waals surface area contributed by atoms with Gasteiger partial charge >= 0.3 is 6.18 Å². The first-order valence-corrected chi connectivity index (χ1v) is 11.0. The lowest BCUT2D eigenvalue weighted by Crippen LogP contribution is -2.48. The van der Waals surface area contributed by atoms with Crippen LogP contribution in [0.15, 0.2) is 18.5 Å². The van der Waals surface area contributed by atoms with E-state index in [1.807, 2.05) is 0 Å². The number of nitrogens with zero attached hydrogens (tertiary/aromatic N) is 4. The summed E-state index contributed by atoms with van der Waals surface area (Å²) in [7, 11) is 0. The van der Waals surface area contributed by atoms with E-state index < -0.39 is 36.4 Å². The number of aromatic nitrogens is 4. The number of halogens is 3. The maximum atomic E-state index is 12.7. The SMILES string of the molecule is Cc1nc(NCC(F)(F)F)nc(NC2CC(CO)C(O)C2(C)O)c1-c1nc2cnccc2s1. The summed E-state index contributed by atoms with van der Waals surface area (Å²) in [5.41, 5.74) is -0.126. The maximum absolute atomic E-state index is 12.7. The minimum absolute atomic E-state index is 0.162. The molecule has 0 bridgehead atoms. The number of rotatable bonds is 6. The standard InChI is InChI=1S/C20H23F3N6O3S/c1-9-14(17-27-11-6-24-4-3-12(11)33-17)16(29-18(26-9)25-8-20(21,22)23)28-13-5-10(7-30)15(31)19(13,2)32/h3-4,6,10,13,15,30-32H,5,7-8H2,1-2H3,(H2,25,26,28,29). The highest BCUT2D eigenvalue weighted by Gasteiger charge is 2.50. The van der Waals surface area contributed by atoms with Gasteiger partial charge in [0.1, 0.15) is 28.5 Å². The molecule has 5 N–H and O–H groups in total. The molecule has 1 fully saturated rings. The Morgan fingerprint density at radius 1 is 1.27 bits per heavy atom. The quantitative estimate of drug-likeness (QED) is 0.357. The molecule has 3 aromatic rings. The topological polar surface area (TPSA) is 136 Å². The maximum Gasteiger partial charge on any atom is 0.405 e. The van der Waals surface area contributed by atoms with Gasteiger partial charge in [-0.05, 0) is 26.3 Å². The van der Waals surface area contributed by atoms with Crippen molar-refractivity contribution in [2.75, 3.05) is 23.8 Å².